The quantitative estimate of drug-likeness (QED) is 0.811. The average molecular weight is 235 g/mol. The molecule has 1 fully saturated rings. The molecule has 1 aliphatic carbocycles. The van der Waals surface area contributed by atoms with Crippen LogP contribution in [-0.4, -0.2) is 23.0 Å². The van der Waals surface area contributed by atoms with E-state index < -0.39 is 5.91 Å². The molecule has 0 aromatic carbocycles. The summed E-state index contributed by atoms with van der Waals surface area (Å²) < 4.78 is 5.73. The van der Waals surface area contributed by atoms with Crippen LogP contribution in [0.4, 0.5) is 0 Å². The van der Waals surface area contributed by atoms with E-state index in [0.29, 0.717) is 11.4 Å². The van der Waals surface area contributed by atoms with Gasteiger partial charge in [-0.3, -0.25) is 4.79 Å². The van der Waals surface area contributed by atoms with Gasteiger partial charge in [-0.25, -0.2) is 4.98 Å². The summed E-state index contributed by atoms with van der Waals surface area (Å²) in [6.45, 7) is 0. The van der Waals surface area contributed by atoms with E-state index >= 15 is 0 Å². The highest BCUT2D eigenvalue weighted by Crippen LogP contribution is 2.23. The summed E-state index contributed by atoms with van der Waals surface area (Å²) >= 11 is 0. The molecule has 1 aromatic heterocycles. The summed E-state index contributed by atoms with van der Waals surface area (Å²) in [5, 5.41) is 0. The van der Waals surface area contributed by atoms with Crippen molar-refractivity contribution in [3.05, 3.63) is 23.9 Å². The van der Waals surface area contributed by atoms with Gasteiger partial charge in [0.2, 0.25) is 5.88 Å². The molecule has 1 aromatic rings. The molecule has 0 bridgehead atoms. The summed E-state index contributed by atoms with van der Waals surface area (Å²) in [4.78, 5) is 15.3. The van der Waals surface area contributed by atoms with Crippen LogP contribution in [0.5, 0.6) is 5.88 Å². The maximum absolute atomic E-state index is 11.2. The number of rotatable bonds is 3. The standard InChI is InChI=1S/C12H17N3O2/c13-8-3-5-9(6-4-8)17-12-10(11(14)16)2-1-7-15-12/h1-2,7-9H,3-6,13H2,(H2,14,16)/t8-,9-. The Labute approximate surface area is 100 Å². The first-order valence-corrected chi connectivity index (χ1v) is 5.84. The lowest BCUT2D eigenvalue weighted by atomic mass is 9.94. The third-order valence-electron chi connectivity index (χ3n) is 3.03. The molecule has 5 nitrogen and oxygen atoms in total. The summed E-state index contributed by atoms with van der Waals surface area (Å²) in [5.74, 6) is -0.180. The average Bonchev–Trinajstić information content (AvgIpc) is 2.32. The maximum Gasteiger partial charge on any atom is 0.254 e. The Morgan fingerprint density at radius 1 is 1.35 bits per heavy atom. The summed E-state index contributed by atoms with van der Waals surface area (Å²) in [5.41, 5.74) is 11.4. The highest BCUT2D eigenvalue weighted by atomic mass is 16.5. The molecule has 1 amide bonds. The van der Waals surface area contributed by atoms with Gasteiger partial charge in [-0.15, -0.1) is 0 Å². The minimum atomic E-state index is -0.513. The second-order valence-corrected chi connectivity index (χ2v) is 4.38. The van der Waals surface area contributed by atoms with Gasteiger partial charge in [-0.2, -0.15) is 0 Å². The predicted octanol–water partition coefficient (Wildman–Crippen LogP) is 0.829. The molecule has 1 heterocycles. The Morgan fingerprint density at radius 2 is 2.06 bits per heavy atom. The predicted molar refractivity (Wildman–Crippen MR) is 63.6 cm³/mol. The van der Waals surface area contributed by atoms with Gasteiger partial charge in [-0.05, 0) is 37.8 Å². The minimum Gasteiger partial charge on any atom is -0.474 e. The van der Waals surface area contributed by atoms with Crippen LogP contribution in [0, 0.1) is 0 Å². The van der Waals surface area contributed by atoms with Crippen LogP contribution in [-0.2, 0) is 0 Å². The van der Waals surface area contributed by atoms with Crippen molar-refractivity contribution >= 4 is 5.91 Å². The molecule has 0 radical (unpaired) electrons. The van der Waals surface area contributed by atoms with Gasteiger partial charge in [0.05, 0.1) is 0 Å². The largest absolute Gasteiger partial charge is 0.474 e. The number of amides is 1. The summed E-state index contributed by atoms with van der Waals surface area (Å²) in [7, 11) is 0. The van der Waals surface area contributed by atoms with E-state index in [0.717, 1.165) is 25.7 Å². The second kappa shape index (κ2) is 5.14. The van der Waals surface area contributed by atoms with Gasteiger partial charge >= 0.3 is 0 Å². The van der Waals surface area contributed by atoms with Crippen LogP contribution in [0.15, 0.2) is 18.3 Å². The zero-order valence-electron chi connectivity index (χ0n) is 9.63. The molecule has 0 saturated heterocycles. The molecular formula is C12H17N3O2. The van der Waals surface area contributed by atoms with Crippen LogP contribution in [0.3, 0.4) is 0 Å². The Hall–Kier alpha value is -1.62. The molecule has 17 heavy (non-hydrogen) atoms. The molecule has 92 valence electrons. The van der Waals surface area contributed by atoms with Crippen LogP contribution >= 0.6 is 0 Å². The molecule has 4 N–H and O–H groups in total. The molecule has 0 unspecified atom stereocenters. The lowest BCUT2D eigenvalue weighted by Crippen LogP contribution is -2.32. The van der Waals surface area contributed by atoms with E-state index in [1.165, 1.54) is 0 Å². The highest BCUT2D eigenvalue weighted by molar-refractivity contribution is 5.94. The Kier molecular flexibility index (Phi) is 3.58. The monoisotopic (exact) mass is 235 g/mol. The third kappa shape index (κ3) is 2.94. The van der Waals surface area contributed by atoms with Crippen LogP contribution in [0.25, 0.3) is 0 Å². The number of hydrogen-bond acceptors (Lipinski definition) is 4. The lowest BCUT2D eigenvalue weighted by Gasteiger charge is -2.26. The zero-order chi connectivity index (χ0) is 12.3. The van der Waals surface area contributed by atoms with Crippen LogP contribution in [0.2, 0.25) is 0 Å². The third-order valence-corrected chi connectivity index (χ3v) is 3.03. The lowest BCUT2D eigenvalue weighted by molar-refractivity contribution is 0.0983. The maximum atomic E-state index is 11.2. The van der Waals surface area contributed by atoms with Crippen molar-refractivity contribution in [2.24, 2.45) is 11.5 Å². The van der Waals surface area contributed by atoms with Crippen LogP contribution < -0.4 is 16.2 Å². The highest BCUT2D eigenvalue weighted by Gasteiger charge is 2.22. The molecule has 2 rings (SSSR count). The molecule has 0 aliphatic heterocycles. The van der Waals surface area contributed by atoms with Gasteiger partial charge in [0.15, 0.2) is 0 Å². The van der Waals surface area contributed by atoms with Crippen molar-refractivity contribution in [3.63, 3.8) is 0 Å². The molecule has 1 saturated carbocycles. The molecule has 0 atom stereocenters. The Bertz CT molecular complexity index is 400. The van der Waals surface area contributed by atoms with Crippen molar-refractivity contribution in [3.8, 4) is 5.88 Å². The minimum absolute atomic E-state index is 0.0859. The first-order chi connectivity index (χ1) is 8.16. The Morgan fingerprint density at radius 3 is 2.71 bits per heavy atom. The second-order valence-electron chi connectivity index (χ2n) is 4.38. The first-order valence-electron chi connectivity index (χ1n) is 5.84. The normalized spacial score (nSPS) is 24.3. The van der Waals surface area contributed by atoms with Crippen molar-refractivity contribution in [2.45, 2.75) is 37.8 Å². The van der Waals surface area contributed by atoms with E-state index in [2.05, 4.69) is 4.98 Å². The van der Waals surface area contributed by atoms with E-state index in [4.69, 9.17) is 16.2 Å². The van der Waals surface area contributed by atoms with E-state index in [-0.39, 0.29) is 12.1 Å². The van der Waals surface area contributed by atoms with Crippen LogP contribution in [0.1, 0.15) is 36.0 Å². The zero-order valence-corrected chi connectivity index (χ0v) is 9.63. The van der Waals surface area contributed by atoms with Gasteiger partial charge in [0.1, 0.15) is 11.7 Å². The van der Waals surface area contributed by atoms with Gasteiger partial charge in [-0.1, -0.05) is 0 Å². The van der Waals surface area contributed by atoms with Gasteiger partial charge in [0, 0.05) is 12.2 Å². The van der Waals surface area contributed by atoms with Gasteiger partial charge in [0.25, 0.3) is 5.91 Å². The van der Waals surface area contributed by atoms with Crippen molar-refractivity contribution < 1.29 is 9.53 Å². The Balaban J connectivity index is 2.05. The number of nitrogens with two attached hydrogens (primary N) is 2. The summed E-state index contributed by atoms with van der Waals surface area (Å²) in [6.07, 6.45) is 5.37. The number of carbonyl (C=O) groups excluding carboxylic acids is 1. The number of primary amides is 1. The number of hydrogen-bond donors (Lipinski definition) is 2. The first kappa shape index (κ1) is 11.9. The van der Waals surface area contributed by atoms with Gasteiger partial charge < -0.3 is 16.2 Å². The summed E-state index contributed by atoms with van der Waals surface area (Å²) in [6, 6.07) is 3.57. The number of aromatic nitrogens is 1. The molecule has 5 heteroatoms. The van der Waals surface area contributed by atoms with E-state index in [1.807, 2.05) is 0 Å². The van der Waals surface area contributed by atoms with Crippen molar-refractivity contribution in [2.75, 3.05) is 0 Å². The fraction of sp³-hybridized carbons (Fsp3) is 0.500. The number of ether oxygens (including phenoxy) is 1. The number of carbonyl (C=O) groups is 1. The number of nitrogens with zero attached hydrogens (tertiary/aromatic N) is 1. The van der Waals surface area contributed by atoms with Crippen molar-refractivity contribution in [1.29, 1.82) is 0 Å². The fourth-order valence-electron chi connectivity index (χ4n) is 2.04. The van der Waals surface area contributed by atoms with E-state index in [1.54, 1.807) is 18.3 Å². The van der Waals surface area contributed by atoms with E-state index in [9.17, 15) is 4.79 Å². The molecular weight excluding hydrogens is 218 g/mol. The van der Waals surface area contributed by atoms with Crippen molar-refractivity contribution in [1.82, 2.24) is 4.98 Å². The smallest absolute Gasteiger partial charge is 0.254 e. The SMILES string of the molecule is NC(=O)c1cccnc1O[C@H]1CC[C@H](N)CC1. The fourth-order valence-corrected chi connectivity index (χ4v) is 2.04. The molecule has 1 aliphatic rings. The topological polar surface area (TPSA) is 91.2 Å². The number of pyridine rings is 1. The molecule has 0 spiro atoms.